The molecule has 1 heterocycles. The van der Waals surface area contributed by atoms with Crippen molar-refractivity contribution in [1.82, 2.24) is 19.6 Å². The van der Waals surface area contributed by atoms with Crippen LogP contribution in [0.2, 0.25) is 0 Å². The lowest BCUT2D eigenvalue weighted by Crippen LogP contribution is -2.50. The normalized spacial score (nSPS) is 20.5. The first-order valence-corrected chi connectivity index (χ1v) is 9.66. The Morgan fingerprint density at radius 3 is 1.13 bits per heavy atom. The fourth-order valence-electron chi connectivity index (χ4n) is 3.16. The van der Waals surface area contributed by atoms with Gasteiger partial charge in [0, 0.05) is 58.9 Å². The smallest absolute Gasteiger partial charge is 0.415 e. The molecule has 11 nitrogen and oxygen atoms in total. The zero-order valence-electron chi connectivity index (χ0n) is 17.0. The number of hydrogen-bond donors (Lipinski definition) is 4. The number of rotatable bonds is 8. The average Bonchev–Trinajstić information content (AvgIpc) is 2.61. The van der Waals surface area contributed by atoms with Crippen molar-refractivity contribution in [2.45, 2.75) is 12.3 Å². The van der Waals surface area contributed by atoms with Crippen LogP contribution in [0, 0.1) is 0 Å². The van der Waals surface area contributed by atoms with Crippen molar-refractivity contribution < 1.29 is 48.0 Å². The summed E-state index contributed by atoms with van der Waals surface area (Å²) in [6, 6.07) is 0. The third-order valence-electron chi connectivity index (χ3n) is 4.82. The molecule has 0 bridgehead atoms. The number of alkyl halides is 3. The van der Waals surface area contributed by atoms with E-state index >= 15 is 0 Å². The van der Waals surface area contributed by atoms with Crippen molar-refractivity contribution >= 4 is 17.9 Å². The fraction of sp³-hybridized carbons (Fsp3) is 0.824. The van der Waals surface area contributed by atoms with E-state index in [1.807, 2.05) is 0 Å². The number of β-amino-alcohol motifs (C(OH)–C–C–N with tert-alkyl or cyclic N) is 1. The van der Waals surface area contributed by atoms with Gasteiger partial charge >= 0.3 is 24.1 Å². The molecule has 0 saturated carbocycles. The lowest BCUT2D eigenvalue weighted by atomic mass is 10.2. The number of halogens is 3. The van der Waals surface area contributed by atoms with E-state index < -0.39 is 36.7 Å². The molecule has 1 aliphatic rings. The van der Waals surface area contributed by atoms with Gasteiger partial charge in [-0.15, -0.1) is 0 Å². The molecule has 1 atom stereocenters. The number of hydrogen-bond acceptors (Lipinski definition) is 8. The van der Waals surface area contributed by atoms with Crippen molar-refractivity contribution in [2.75, 3.05) is 78.5 Å². The molecular formula is C17H29F3N4O7. The molecule has 0 radical (unpaired) electrons. The van der Waals surface area contributed by atoms with Gasteiger partial charge in [-0.25, -0.2) is 0 Å². The molecule has 0 aromatic carbocycles. The minimum atomic E-state index is -4.82. The Morgan fingerprint density at radius 2 is 0.903 bits per heavy atom. The Bertz CT molecular complexity index is 577. The minimum absolute atomic E-state index is 0.0141. The molecule has 1 aliphatic heterocycles. The maximum absolute atomic E-state index is 12.8. The highest BCUT2D eigenvalue weighted by atomic mass is 19.4. The number of carbonyl (C=O) groups is 3. The van der Waals surface area contributed by atoms with Crippen molar-refractivity contribution in [2.24, 2.45) is 0 Å². The summed E-state index contributed by atoms with van der Waals surface area (Å²) in [5.74, 6) is -3.35. The van der Waals surface area contributed by atoms with Gasteiger partial charge in [-0.05, 0) is 0 Å². The molecular weight excluding hydrogens is 429 g/mol. The SMILES string of the molecule is O=C(O)CN1CCN(CC(=O)O)CCN(CC(O)C(F)(F)F)CCN(CC(=O)O)CC1. The summed E-state index contributed by atoms with van der Waals surface area (Å²) >= 11 is 0. The van der Waals surface area contributed by atoms with E-state index in [2.05, 4.69) is 0 Å². The monoisotopic (exact) mass is 458 g/mol. The van der Waals surface area contributed by atoms with E-state index in [1.54, 1.807) is 4.90 Å². The first-order chi connectivity index (χ1) is 14.4. The van der Waals surface area contributed by atoms with Gasteiger partial charge in [0.25, 0.3) is 0 Å². The van der Waals surface area contributed by atoms with Gasteiger partial charge in [0.2, 0.25) is 0 Å². The van der Waals surface area contributed by atoms with Crippen molar-refractivity contribution in [1.29, 1.82) is 0 Å². The molecule has 0 aromatic heterocycles. The van der Waals surface area contributed by atoms with Crippen LogP contribution in [0.15, 0.2) is 0 Å². The van der Waals surface area contributed by atoms with Crippen LogP contribution < -0.4 is 0 Å². The summed E-state index contributed by atoms with van der Waals surface area (Å²) in [4.78, 5) is 39.2. The highest BCUT2D eigenvalue weighted by molar-refractivity contribution is 5.69. The first kappa shape index (κ1) is 27.0. The van der Waals surface area contributed by atoms with Crippen LogP contribution in [0.3, 0.4) is 0 Å². The summed E-state index contributed by atoms with van der Waals surface area (Å²) < 4.78 is 38.4. The van der Waals surface area contributed by atoms with E-state index in [-0.39, 0.29) is 72.0 Å². The third kappa shape index (κ3) is 11.8. The maximum Gasteiger partial charge on any atom is 0.415 e. The topological polar surface area (TPSA) is 145 Å². The molecule has 0 amide bonds. The van der Waals surface area contributed by atoms with E-state index in [1.165, 1.54) is 14.7 Å². The van der Waals surface area contributed by atoms with Crippen LogP contribution in [-0.4, -0.2) is 149 Å². The van der Waals surface area contributed by atoms with Gasteiger partial charge in [-0.3, -0.25) is 34.0 Å². The molecule has 1 unspecified atom stereocenters. The number of nitrogens with zero attached hydrogens (tertiary/aromatic N) is 4. The third-order valence-corrected chi connectivity index (χ3v) is 4.82. The van der Waals surface area contributed by atoms with E-state index in [0.29, 0.717) is 0 Å². The first-order valence-electron chi connectivity index (χ1n) is 9.66. The average molecular weight is 458 g/mol. The van der Waals surface area contributed by atoms with Crippen molar-refractivity contribution in [3.05, 3.63) is 0 Å². The molecule has 4 N–H and O–H groups in total. The molecule has 1 fully saturated rings. The number of carboxylic acids is 3. The second kappa shape index (κ2) is 12.8. The number of aliphatic carboxylic acids is 3. The summed E-state index contributed by atoms with van der Waals surface area (Å²) in [6.45, 7) is -0.904. The van der Waals surface area contributed by atoms with Crippen LogP contribution in [0.5, 0.6) is 0 Å². The molecule has 1 saturated heterocycles. The summed E-state index contributed by atoms with van der Waals surface area (Å²) in [5, 5.41) is 36.7. The standard InChI is InChI=1S/C17H29F3N4O7/c18-17(19,20)13(25)9-21-1-3-22(10-14(26)27)5-7-24(12-16(30)31)8-6-23(4-2-21)11-15(28)29/h13,25H,1-12H2,(H,26,27)(H,28,29)(H,30,31). The molecule has 31 heavy (non-hydrogen) atoms. The lowest BCUT2D eigenvalue weighted by molar-refractivity contribution is -0.208. The van der Waals surface area contributed by atoms with Crippen LogP contribution in [0.1, 0.15) is 0 Å². The van der Waals surface area contributed by atoms with E-state index in [4.69, 9.17) is 15.3 Å². The summed E-state index contributed by atoms with van der Waals surface area (Å²) in [6.07, 6.45) is -7.41. The second-order valence-corrected chi connectivity index (χ2v) is 7.37. The molecule has 0 aromatic rings. The van der Waals surface area contributed by atoms with E-state index in [0.717, 1.165) is 0 Å². The van der Waals surface area contributed by atoms with E-state index in [9.17, 15) is 32.7 Å². The number of aliphatic hydroxyl groups is 1. The Morgan fingerprint density at radius 1 is 0.645 bits per heavy atom. The highest BCUT2D eigenvalue weighted by Crippen LogP contribution is 2.20. The quantitative estimate of drug-likeness (QED) is 0.333. The molecule has 0 spiro atoms. The van der Waals surface area contributed by atoms with Crippen LogP contribution in [0.25, 0.3) is 0 Å². The van der Waals surface area contributed by atoms with Crippen molar-refractivity contribution in [3.63, 3.8) is 0 Å². The predicted molar refractivity (Wildman–Crippen MR) is 101 cm³/mol. The van der Waals surface area contributed by atoms with Gasteiger partial charge in [-0.2, -0.15) is 13.2 Å². The number of carboxylic acid groups (broad SMARTS) is 3. The molecule has 1 rings (SSSR count). The van der Waals surface area contributed by atoms with Crippen LogP contribution in [0.4, 0.5) is 13.2 Å². The van der Waals surface area contributed by atoms with Gasteiger partial charge in [0.05, 0.1) is 19.6 Å². The Labute approximate surface area is 177 Å². The predicted octanol–water partition coefficient (Wildman–Crippen LogP) is -1.61. The van der Waals surface area contributed by atoms with Gasteiger partial charge in [0.15, 0.2) is 6.10 Å². The largest absolute Gasteiger partial charge is 0.480 e. The Kier molecular flexibility index (Phi) is 11.1. The summed E-state index contributed by atoms with van der Waals surface area (Å²) in [7, 11) is 0. The molecule has 0 aliphatic carbocycles. The summed E-state index contributed by atoms with van der Waals surface area (Å²) in [5.41, 5.74) is 0. The molecule has 180 valence electrons. The highest BCUT2D eigenvalue weighted by Gasteiger charge is 2.39. The van der Waals surface area contributed by atoms with Crippen molar-refractivity contribution in [3.8, 4) is 0 Å². The fourth-order valence-corrected chi connectivity index (χ4v) is 3.16. The zero-order valence-corrected chi connectivity index (χ0v) is 17.0. The Hall–Kier alpha value is -2.00. The molecule has 14 heteroatoms. The maximum atomic E-state index is 12.8. The zero-order chi connectivity index (χ0) is 23.6. The lowest BCUT2D eigenvalue weighted by Gasteiger charge is -2.33. The minimum Gasteiger partial charge on any atom is -0.480 e. The van der Waals surface area contributed by atoms with Crippen LogP contribution >= 0.6 is 0 Å². The van der Waals surface area contributed by atoms with Gasteiger partial charge < -0.3 is 20.4 Å². The number of aliphatic hydroxyl groups excluding tert-OH is 1. The van der Waals surface area contributed by atoms with Gasteiger partial charge in [-0.1, -0.05) is 0 Å². The van der Waals surface area contributed by atoms with Crippen LogP contribution in [-0.2, 0) is 14.4 Å². The van der Waals surface area contributed by atoms with Gasteiger partial charge in [0.1, 0.15) is 0 Å². The second-order valence-electron chi connectivity index (χ2n) is 7.37. The Balaban J connectivity index is 2.98.